The molecule has 1 saturated carbocycles. The zero-order valence-corrected chi connectivity index (χ0v) is 66.3. The van der Waals surface area contributed by atoms with Crippen LogP contribution in [0.5, 0.6) is 0 Å². The average Bonchev–Trinajstić information content (AvgIpc) is 0.750. The van der Waals surface area contributed by atoms with Gasteiger partial charge < -0.3 is 240 Å². The van der Waals surface area contributed by atoms with E-state index in [1.807, 2.05) is 27.7 Å². The lowest BCUT2D eigenvalue weighted by atomic mass is 9.80. The van der Waals surface area contributed by atoms with Crippen molar-refractivity contribution in [3.63, 3.8) is 0 Å². The Morgan fingerprint density at radius 1 is 0.573 bits per heavy atom. The number of phosphoric acid groups is 1. The molecule has 0 bridgehead atoms. The highest BCUT2D eigenvalue weighted by molar-refractivity contribution is 7.47. The maximum Gasteiger partial charge on any atom is 0.472 e. The third kappa shape index (κ3) is 111. The highest BCUT2D eigenvalue weighted by atomic mass is 31.2. The summed E-state index contributed by atoms with van der Waals surface area (Å²) in [6.07, 6.45) is -19.6. The van der Waals surface area contributed by atoms with Crippen LogP contribution in [0.4, 0.5) is 0 Å². The maximum atomic E-state index is 12.9. The van der Waals surface area contributed by atoms with E-state index in [9.17, 15) is 74.2 Å². The molecule has 0 aromatic carbocycles. The predicted molar refractivity (Wildman–Crippen MR) is 370 cm³/mol. The van der Waals surface area contributed by atoms with Crippen LogP contribution in [0.1, 0.15) is 68.2 Å². The molecule has 5 amide bonds. The van der Waals surface area contributed by atoms with Gasteiger partial charge in [0.2, 0.25) is 29.5 Å². The molecule has 740 valence electrons. The normalized spacial score (nSPS) is 20.6. The fourth-order valence-corrected chi connectivity index (χ4v) is 7.76. The van der Waals surface area contributed by atoms with Crippen LogP contribution in [0.25, 0.3) is 0 Å². The first-order chi connectivity index (χ1) is 52.9. The van der Waals surface area contributed by atoms with E-state index >= 15 is 0 Å². The van der Waals surface area contributed by atoms with Crippen LogP contribution < -0.4 is 50.8 Å². The molecule has 0 aromatic rings. The molecular formula is C46H102N21O56P-8. The molecule has 2 aliphatic heterocycles. The molecule has 3 fully saturated rings. The summed E-state index contributed by atoms with van der Waals surface area (Å²) in [5.74, 6) is -7.34. The Labute approximate surface area is 692 Å². The van der Waals surface area contributed by atoms with Crippen molar-refractivity contribution in [2.24, 2.45) is 23.1 Å². The number of primary amides is 1. The fraction of sp³-hybridized carbons (Fsp3) is 0.761. The van der Waals surface area contributed by atoms with Gasteiger partial charge in [0.05, 0.1) is 72.0 Å². The van der Waals surface area contributed by atoms with E-state index in [-0.39, 0.29) is 87.1 Å². The number of ether oxygens (including phenoxy) is 4. The number of nitrogens with zero attached hydrogens (tertiary/aromatic N) is 12. The quantitative estimate of drug-likeness (QED) is 0.0157. The summed E-state index contributed by atoms with van der Waals surface area (Å²) < 4.78 is 42.9. The molecule has 0 radical (unpaired) electrons. The Balaban J connectivity index is -0.0000000490. The maximum absolute atomic E-state index is 12.9. The van der Waals surface area contributed by atoms with Crippen LogP contribution in [0.15, 0.2) is 0 Å². The van der Waals surface area contributed by atoms with Crippen molar-refractivity contribution >= 4 is 73.9 Å². The molecular weight excluding hydrogens is 1770 g/mol. The average molecular weight is 1880 g/mol. The number of nitrogens with two attached hydrogens (primary N) is 3. The van der Waals surface area contributed by atoms with Gasteiger partial charge in [0.1, 0.15) is 73.0 Å². The number of carbonyl (C=O) groups excluding carboxylic acids is 13. The Kier molecular flexibility index (Phi) is 174. The van der Waals surface area contributed by atoms with E-state index in [2.05, 4.69) is 30.3 Å². The van der Waals surface area contributed by atoms with Crippen LogP contribution in [0.3, 0.4) is 0 Å². The zero-order valence-electron chi connectivity index (χ0n) is 65.4. The largest absolute Gasteiger partial charge is 0.870 e. The molecule has 42 N–H and O–H groups in total. The van der Waals surface area contributed by atoms with E-state index in [0.29, 0.717) is 0 Å². The summed E-state index contributed by atoms with van der Waals surface area (Å²) in [5.41, 5.74) is 13.9. The van der Waals surface area contributed by atoms with Gasteiger partial charge in [-0.25, -0.2) is 4.57 Å². The third-order valence-electron chi connectivity index (χ3n) is 10.4. The van der Waals surface area contributed by atoms with Crippen molar-refractivity contribution in [1.29, 1.82) is 43.1 Å². The summed E-state index contributed by atoms with van der Waals surface area (Å²) in [7, 11) is -3.47. The number of aliphatic hydroxyl groups excluding tert-OH is 10. The molecule has 3 rings (SSSR count). The second kappa shape index (κ2) is 119. The van der Waals surface area contributed by atoms with Crippen molar-refractivity contribution in [2.75, 3.05) is 46.8 Å². The van der Waals surface area contributed by atoms with Gasteiger partial charge in [-0.2, -0.15) is 38.4 Å². The van der Waals surface area contributed by atoms with E-state index in [1.54, 1.807) is 0 Å². The monoisotopic (exact) mass is 1880 g/mol. The number of carbonyl (C=O) groups is 7. The second-order valence-electron chi connectivity index (χ2n) is 17.6. The number of nitrogens with one attached hydrogen (secondary N) is 4. The smallest absolute Gasteiger partial charge is 0.472 e. The highest BCUT2D eigenvalue weighted by Crippen LogP contribution is 2.43. The SMILES string of the molecule is CC.CC.CC(=O)NC(CC(=O)NC1OC(CO)[C@@H](O[C@@H]2O[C@H](CO)[C@@H](O[C@@H]3C[C@H](CO)[C@@H](O)[C@H](O)C3O)[C@](N)(O)[C@H]2NC(C)=O)C(O)[C@H]1NC(C)=O)C(N)=O.CC(=O)O.CO.N.N.N#N.N#N.N#N.N#N.NC(COP(=O)(O)OCC(O)CO)C(=O)O.O.O.O.O.O=C=O.O=C=O.O=C=O.O=C=O.O=[N+]([O-])[O-].O=[N+]([O-])[O-].O=[N+]([O-])[O-].O=[N+]([O-])[O-].[OH-].[OH-].[OH-].[OH-]. The van der Waals surface area contributed by atoms with Crippen LogP contribution in [0.2, 0.25) is 0 Å². The third-order valence-corrected chi connectivity index (χ3v) is 11.4. The molecule has 2 saturated heterocycles. The molecule has 0 spiro atoms. The van der Waals surface area contributed by atoms with Crippen molar-refractivity contribution in [3.05, 3.63) is 61.3 Å². The molecule has 3 aliphatic rings. The first-order valence-electron chi connectivity index (χ1n) is 28.5. The number of hydrogen-bond donors (Lipinski definition) is 23. The molecule has 19 atom stereocenters. The Morgan fingerprint density at radius 3 is 1.17 bits per heavy atom. The van der Waals surface area contributed by atoms with E-state index < -0.39 is 225 Å². The van der Waals surface area contributed by atoms with Crippen LogP contribution in [-0.4, -0.2) is 352 Å². The van der Waals surface area contributed by atoms with E-state index in [4.69, 9.17) is 214 Å². The summed E-state index contributed by atoms with van der Waals surface area (Å²) >= 11 is 0. The number of aliphatic hydroxyl groups is 11. The lowest BCUT2D eigenvalue weighted by Crippen LogP contribution is -2.78. The van der Waals surface area contributed by atoms with Crippen molar-refractivity contribution in [3.8, 4) is 0 Å². The van der Waals surface area contributed by atoms with Crippen LogP contribution in [0, 0.1) is 110 Å². The van der Waals surface area contributed by atoms with Crippen molar-refractivity contribution in [2.45, 2.75) is 172 Å². The van der Waals surface area contributed by atoms with Gasteiger partial charge in [0.15, 0.2) is 18.2 Å². The standard InChI is InChI=1S/C29H50N6O17.C6H14NO8P.C2H4O2.2C2H6.4CO2.CH4O.4N2.4NO3.2H3N.8H2O/c1-9(39)32-13(26(30)47)5-17(42)35-27-18(33-10(2)40)21(45)23(15(7-37)50-27)52-28-24(34-11(3)41)29(31,48)25(16(8-38)51-28)49-14-4-12(6-36)19(43)22(46)20(14)44;7-5(6(10)11)3-15-16(12,13)14-2-4(9)1-8;1-2(3)4;2*1-2;4*2-1-3;5*1-2;4*2-1(3)4;;;;;;;;;;/h12-16,18-25,27-28,36-38,43-46,48H,4-8,31H2,1-3H3,(H2,30,47)(H,32,39)(H,33,40)(H,34,41)(H,35,42);4-5,8-9H,1-3,7H2,(H,10,11)(H,12,13);1H3,(H,3,4);2*1-2H3;;;;;2H,1H3;;;;;;;;;2*1H3;8*1H2/q;;;;;;;;;;;;;;4*-1;;;;;;;;;;/p-4/t12-,13?,14-,15?,16-,18-,19-,20?,21?,22+,23-,24+,25-,27?,28+,29-;;;;;;;;;;;;;;;;;;;;;;;;;;;/m1.........................../s1. The minimum absolute atomic E-state index is 0. The van der Waals surface area contributed by atoms with Gasteiger partial charge in [-0.05, 0) is 6.42 Å². The molecule has 8 unspecified atom stereocenters. The lowest BCUT2D eigenvalue weighted by molar-refractivity contribution is -0.403. The van der Waals surface area contributed by atoms with Crippen LogP contribution in [-0.2, 0) is 104 Å². The van der Waals surface area contributed by atoms with Gasteiger partial charge in [0.25, 0.3) is 5.97 Å². The van der Waals surface area contributed by atoms with Gasteiger partial charge in [-0.3, -0.25) is 48.3 Å². The summed E-state index contributed by atoms with van der Waals surface area (Å²) in [6.45, 7) is 7.86. The Bertz CT molecular complexity index is 2740. The van der Waals surface area contributed by atoms with Gasteiger partial charge in [0, 0.05) is 90.5 Å². The molecule has 2 heterocycles. The minimum Gasteiger partial charge on any atom is -0.870 e. The molecule has 0 aromatic heterocycles. The predicted octanol–water partition coefficient (Wildman–Crippen LogP) is -16.0. The minimum atomic E-state index is -4.47. The summed E-state index contributed by atoms with van der Waals surface area (Å²) in [4.78, 5) is 187. The molecule has 124 heavy (non-hydrogen) atoms. The number of aliphatic carboxylic acids is 2. The Morgan fingerprint density at radius 2 is 0.895 bits per heavy atom. The first-order valence-corrected chi connectivity index (χ1v) is 30.0. The topological polar surface area (TPSA) is 1510 Å². The first kappa shape index (κ1) is 182. The van der Waals surface area contributed by atoms with Gasteiger partial charge >= 0.3 is 38.4 Å². The van der Waals surface area contributed by atoms with Crippen LogP contribution >= 0.6 is 7.82 Å². The second-order valence-corrected chi connectivity index (χ2v) is 19.1. The number of hydrogen-bond acceptors (Lipinski definition) is 61. The van der Waals surface area contributed by atoms with E-state index in [1.165, 1.54) is 0 Å². The number of phosphoric ester groups is 1. The molecule has 1 aliphatic carbocycles. The number of carboxylic acids is 2. The number of amides is 5. The zero-order chi connectivity index (χ0) is 94.7. The summed E-state index contributed by atoms with van der Waals surface area (Å²) in [6, 6.07) is -6.21. The summed E-state index contributed by atoms with van der Waals surface area (Å²) in [5, 5.41) is 241. The highest BCUT2D eigenvalue weighted by Gasteiger charge is 2.59. The number of rotatable bonds is 22. The Hall–Kier alpha value is -12.7. The van der Waals surface area contributed by atoms with Gasteiger partial charge in [-0.15, -0.1) is 0 Å². The fourth-order valence-electron chi connectivity index (χ4n) is 6.98. The van der Waals surface area contributed by atoms with Gasteiger partial charge in [-0.1, -0.05) is 27.7 Å². The molecule has 78 heteroatoms. The number of carboxylic acid groups (broad SMARTS) is 2. The lowest BCUT2D eigenvalue weighted by Gasteiger charge is -2.53. The van der Waals surface area contributed by atoms with Crippen molar-refractivity contribution < 1.29 is 240 Å². The van der Waals surface area contributed by atoms with Crippen molar-refractivity contribution in [1.82, 2.24) is 33.6 Å². The van der Waals surface area contributed by atoms with E-state index in [0.717, 1.165) is 34.8 Å². The molecule has 77 nitrogen and oxygen atoms in total.